The molecule has 1 atom stereocenters. The van der Waals surface area contributed by atoms with E-state index in [0.717, 1.165) is 16.9 Å². The van der Waals surface area contributed by atoms with E-state index in [9.17, 15) is 9.59 Å². The average molecular weight is 398 g/mol. The van der Waals surface area contributed by atoms with Crippen molar-refractivity contribution in [1.29, 1.82) is 0 Å². The Labute approximate surface area is 175 Å². The van der Waals surface area contributed by atoms with Crippen molar-refractivity contribution in [3.8, 4) is 5.75 Å². The second kappa shape index (κ2) is 7.02. The molecule has 30 heavy (non-hydrogen) atoms. The lowest BCUT2D eigenvalue weighted by atomic mass is 9.89. The van der Waals surface area contributed by atoms with Gasteiger partial charge >= 0.3 is 0 Å². The largest absolute Gasteiger partial charge is 0.497 e. The number of methoxy groups -OCH3 is 1. The van der Waals surface area contributed by atoms with Crippen LogP contribution in [0.2, 0.25) is 0 Å². The quantitative estimate of drug-likeness (QED) is 0.657. The summed E-state index contributed by atoms with van der Waals surface area (Å²) in [6.07, 6.45) is 0.935. The van der Waals surface area contributed by atoms with Crippen molar-refractivity contribution in [2.24, 2.45) is 0 Å². The molecule has 0 aliphatic carbocycles. The van der Waals surface area contributed by atoms with Crippen molar-refractivity contribution in [2.45, 2.75) is 25.0 Å². The predicted molar refractivity (Wildman–Crippen MR) is 114 cm³/mol. The van der Waals surface area contributed by atoms with Crippen molar-refractivity contribution in [3.05, 3.63) is 95.6 Å². The maximum absolute atomic E-state index is 13.7. The second-order valence-electron chi connectivity index (χ2n) is 7.67. The van der Waals surface area contributed by atoms with Crippen LogP contribution in [0.3, 0.4) is 0 Å². The van der Waals surface area contributed by atoms with E-state index >= 15 is 0 Å². The van der Waals surface area contributed by atoms with E-state index in [1.807, 2.05) is 82.6 Å². The van der Waals surface area contributed by atoms with Crippen LogP contribution in [0.15, 0.2) is 78.9 Å². The Balaban J connectivity index is 1.73. The Morgan fingerprint density at radius 1 is 0.900 bits per heavy atom. The van der Waals surface area contributed by atoms with Crippen LogP contribution in [0.1, 0.15) is 34.3 Å². The van der Waals surface area contributed by atoms with Gasteiger partial charge in [-0.1, -0.05) is 54.6 Å². The lowest BCUT2D eigenvalue weighted by molar-refractivity contribution is -0.118. The number of hydrogen-bond donors (Lipinski definition) is 0. The summed E-state index contributed by atoms with van der Waals surface area (Å²) < 4.78 is 5.33. The molecule has 5 rings (SSSR count). The van der Waals surface area contributed by atoms with Crippen LogP contribution in [0.5, 0.6) is 5.75 Å². The van der Waals surface area contributed by atoms with Gasteiger partial charge in [-0.2, -0.15) is 0 Å². The number of carbonyl (C=O) groups excluding carboxylic acids is 2. The number of fused-ring (bicyclic) bond motifs is 3. The van der Waals surface area contributed by atoms with Crippen molar-refractivity contribution < 1.29 is 14.3 Å². The van der Waals surface area contributed by atoms with E-state index in [1.54, 1.807) is 13.2 Å². The topological polar surface area (TPSA) is 49.9 Å². The number of anilines is 1. The molecule has 0 N–H and O–H groups in total. The summed E-state index contributed by atoms with van der Waals surface area (Å²) in [4.78, 5) is 30.6. The van der Waals surface area contributed by atoms with E-state index in [4.69, 9.17) is 4.74 Å². The lowest BCUT2D eigenvalue weighted by Gasteiger charge is -2.51. The minimum atomic E-state index is -0.857. The minimum Gasteiger partial charge on any atom is -0.497 e. The number of nitrogens with zero attached hydrogens (tertiary/aromatic N) is 2. The minimum absolute atomic E-state index is 0.0313. The highest BCUT2D eigenvalue weighted by atomic mass is 16.5. The Morgan fingerprint density at radius 2 is 1.60 bits per heavy atom. The molecule has 3 aromatic rings. The van der Waals surface area contributed by atoms with Crippen LogP contribution < -0.4 is 9.64 Å². The maximum atomic E-state index is 13.7. The summed E-state index contributed by atoms with van der Waals surface area (Å²) in [5, 5.41) is 0. The number of benzene rings is 3. The van der Waals surface area contributed by atoms with Gasteiger partial charge in [0.2, 0.25) is 5.91 Å². The van der Waals surface area contributed by atoms with Gasteiger partial charge in [-0.3, -0.25) is 14.5 Å². The molecule has 3 aromatic carbocycles. The first-order valence-corrected chi connectivity index (χ1v) is 10.1. The van der Waals surface area contributed by atoms with Crippen LogP contribution in [0.25, 0.3) is 0 Å². The molecule has 5 heteroatoms. The van der Waals surface area contributed by atoms with E-state index in [2.05, 4.69) is 0 Å². The third-order valence-corrected chi connectivity index (χ3v) is 6.11. The number of hydrogen-bond acceptors (Lipinski definition) is 3. The van der Waals surface area contributed by atoms with E-state index in [0.29, 0.717) is 30.6 Å². The first-order chi connectivity index (χ1) is 14.6. The SMILES string of the molecule is COc1ccc(C23CCC(=O)N2c2ccccc2C(=O)N3Cc2ccccc2)cc1. The fourth-order valence-electron chi connectivity index (χ4n) is 4.72. The van der Waals surface area contributed by atoms with Gasteiger partial charge < -0.3 is 9.64 Å². The standard InChI is InChI=1S/C25H22N2O3/c1-30-20-13-11-19(12-14-20)25-16-15-23(28)27(25)22-10-6-5-9-21(22)24(29)26(25)17-18-7-3-2-4-8-18/h2-14H,15-17H2,1H3. The number of amides is 2. The Hall–Kier alpha value is -3.60. The molecule has 1 fully saturated rings. The smallest absolute Gasteiger partial charge is 0.258 e. The molecule has 0 saturated carbocycles. The molecule has 2 aliphatic heterocycles. The fourth-order valence-corrected chi connectivity index (χ4v) is 4.72. The number of rotatable bonds is 4. The summed E-state index contributed by atoms with van der Waals surface area (Å²) in [5.74, 6) is 0.711. The highest BCUT2D eigenvalue weighted by Gasteiger charge is 2.56. The molecule has 1 unspecified atom stereocenters. The number of carbonyl (C=O) groups is 2. The third-order valence-electron chi connectivity index (χ3n) is 6.11. The number of ether oxygens (including phenoxy) is 1. The van der Waals surface area contributed by atoms with Crippen LogP contribution in [0.4, 0.5) is 5.69 Å². The molecule has 150 valence electrons. The van der Waals surface area contributed by atoms with Gasteiger partial charge in [-0.05, 0) is 35.4 Å². The molecule has 5 nitrogen and oxygen atoms in total. The van der Waals surface area contributed by atoms with Gasteiger partial charge in [-0.15, -0.1) is 0 Å². The first kappa shape index (κ1) is 18.4. The third kappa shape index (κ3) is 2.62. The van der Waals surface area contributed by atoms with Crippen molar-refractivity contribution in [2.75, 3.05) is 12.0 Å². The summed E-state index contributed by atoms with van der Waals surface area (Å²) in [7, 11) is 1.63. The number of para-hydroxylation sites is 1. The molecule has 0 bridgehead atoms. The first-order valence-electron chi connectivity index (χ1n) is 10.1. The molecule has 2 aliphatic rings. The second-order valence-corrected chi connectivity index (χ2v) is 7.67. The van der Waals surface area contributed by atoms with Crippen molar-refractivity contribution in [1.82, 2.24) is 4.90 Å². The van der Waals surface area contributed by atoms with E-state index in [-0.39, 0.29) is 11.8 Å². The molecular weight excluding hydrogens is 376 g/mol. The van der Waals surface area contributed by atoms with Crippen LogP contribution in [-0.4, -0.2) is 23.8 Å². The van der Waals surface area contributed by atoms with E-state index in [1.165, 1.54) is 0 Å². The monoisotopic (exact) mass is 398 g/mol. The van der Waals surface area contributed by atoms with Crippen molar-refractivity contribution in [3.63, 3.8) is 0 Å². The zero-order valence-electron chi connectivity index (χ0n) is 16.7. The molecule has 0 radical (unpaired) electrons. The average Bonchev–Trinajstić information content (AvgIpc) is 3.15. The van der Waals surface area contributed by atoms with Gasteiger partial charge in [0, 0.05) is 19.4 Å². The summed E-state index contributed by atoms with van der Waals surface area (Å²) in [6.45, 7) is 0.420. The zero-order valence-corrected chi connectivity index (χ0v) is 16.7. The Bertz CT molecular complexity index is 1110. The maximum Gasteiger partial charge on any atom is 0.258 e. The van der Waals surface area contributed by atoms with Crippen LogP contribution in [0, 0.1) is 0 Å². The normalized spacial score (nSPS) is 20.2. The summed E-state index contributed by atoms with van der Waals surface area (Å²) in [6, 6.07) is 25.0. The zero-order chi connectivity index (χ0) is 20.7. The molecule has 0 spiro atoms. The van der Waals surface area contributed by atoms with Crippen LogP contribution in [-0.2, 0) is 17.0 Å². The van der Waals surface area contributed by atoms with E-state index < -0.39 is 5.66 Å². The molecule has 1 saturated heterocycles. The Morgan fingerprint density at radius 3 is 2.33 bits per heavy atom. The van der Waals surface area contributed by atoms with Gasteiger partial charge in [0.05, 0.1) is 18.4 Å². The fraction of sp³-hybridized carbons (Fsp3) is 0.200. The molecular formula is C25H22N2O3. The van der Waals surface area contributed by atoms with Crippen LogP contribution >= 0.6 is 0 Å². The highest BCUT2D eigenvalue weighted by Crippen LogP contribution is 2.50. The summed E-state index contributed by atoms with van der Waals surface area (Å²) >= 11 is 0. The van der Waals surface area contributed by atoms with Crippen molar-refractivity contribution >= 4 is 17.5 Å². The molecule has 0 aromatic heterocycles. The lowest BCUT2D eigenvalue weighted by Crippen LogP contribution is -2.61. The predicted octanol–water partition coefficient (Wildman–Crippen LogP) is 4.33. The van der Waals surface area contributed by atoms with Gasteiger partial charge in [0.25, 0.3) is 5.91 Å². The van der Waals surface area contributed by atoms with Gasteiger partial charge in [0.15, 0.2) is 0 Å². The van der Waals surface area contributed by atoms with Gasteiger partial charge in [-0.25, -0.2) is 0 Å². The highest BCUT2D eigenvalue weighted by molar-refractivity contribution is 6.10. The molecule has 2 amide bonds. The Kier molecular flexibility index (Phi) is 4.31. The molecule has 2 heterocycles. The van der Waals surface area contributed by atoms with Gasteiger partial charge in [0.1, 0.15) is 11.4 Å². The summed E-state index contributed by atoms with van der Waals surface area (Å²) in [5.41, 5.74) is 2.33.